The van der Waals surface area contributed by atoms with Gasteiger partial charge in [0.2, 0.25) is 5.91 Å². The molecule has 0 aliphatic rings. The molecule has 33 heavy (non-hydrogen) atoms. The van der Waals surface area contributed by atoms with Gasteiger partial charge in [-0.2, -0.15) is 0 Å². The fourth-order valence-electron chi connectivity index (χ4n) is 3.00. The van der Waals surface area contributed by atoms with Gasteiger partial charge in [0.05, 0.1) is 14.2 Å². The van der Waals surface area contributed by atoms with E-state index in [9.17, 15) is 9.59 Å². The molecule has 7 nitrogen and oxygen atoms in total. The van der Waals surface area contributed by atoms with Crippen LogP contribution in [0.25, 0.3) is 0 Å². The van der Waals surface area contributed by atoms with E-state index in [0.717, 1.165) is 0 Å². The molecule has 0 heterocycles. The van der Waals surface area contributed by atoms with Gasteiger partial charge in [-0.1, -0.05) is 29.3 Å². The predicted octanol–water partition coefficient (Wildman–Crippen LogP) is 4.72. The maximum Gasteiger partial charge on any atom is 0.261 e. The lowest BCUT2D eigenvalue weighted by atomic mass is 10.1. The molecular formula is C24H30Cl2N2O5. The monoisotopic (exact) mass is 496 g/mol. The Kier molecular flexibility index (Phi) is 9.25. The van der Waals surface area contributed by atoms with E-state index < -0.39 is 17.5 Å². The molecule has 0 aliphatic carbocycles. The third-order valence-electron chi connectivity index (χ3n) is 4.74. The first kappa shape index (κ1) is 26.6. The molecule has 180 valence electrons. The standard InChI is InChI=1S/C24H30Cl2N2O5/c1-15(23(30)27-24(2,3)4)28(13-19-20(25)8-7-9-21(19)26)22(29)14-33-18-11-16(31-5)10-17(12-18)32-6/h7-12,15H,13-14H2,1-6H3,(H,27,30). The molecule has 0 fully saturated rings. The van der Waals surface area contributed by atoms with Crippen molar-refractivity contribution in [2.45, 2.75) is 45.8 Å². The largest absolute Gasteiger partial charge is 0.496 e. The molecule has 0 bridgehead atoms. The van der Waals surface area contributed by atoms with Crippen molar-refractivity contribution in [3.8, 4) is 17.2 Å². The van der Waals surface area contributed by atoms with Crippen molar-refractivity contribution in [2.24, 2.45) is 0 Å². The van der Waals surface area contributed by atoms with Gasteiger partial charge in [-0.15, -0.1) is 0 Å². The summed E-state index contributed by atoms with van der Waals surface area (Å²) >= 11 is 12.7. The number of amides is 2. The molecule has 0 aliphatic heterocycles. The van der Waals surface area contributed by atoms with Crippen LogP contribution in [0.2, 0.25) is 10.0 Å². The Hall–Kier alpha value is -2.64. The Morgan fingerprint density at radius 1 is 1.00 bits per heavy atom. The van der Waals surface area contributed by atoms with Crippen LogP contribution in [0.15, 0.2) is 36.4 Å². The number of methoxy groups -OCH3 is 2. The van der Waals surface area contributed by atoms with Crippen LogP contribution in [0.1, 0.15) is 33.3 Å². The Bertz CT molecular complexity index is 949. The number of halogens is 2. The summed E-state index contributed by atoms with van der Waals surface area (Å²) in [7, 11) is 3.04. The first-order valence-electron chi connectivity index (χ1n) is 10.4. The Morgan fingerprint density at radius 2 is 1.52 bits per heavy atom. The lowest BCUT2D eigenvalue weighted by molar-refractivity contribution is -0.142. The van der Waals surface area contributed by atoms with Crippen LogP contribution in [-0.2, 0) is 16.1 Å². The number of hydrogen-bond donors (Lipinski definition) is 1. The van der Waals surface area contributed by atoms with Crippen molar-refractivity contribution in [3.05, 3.63) is 52.0 Å². The smallest absolute Gasteiger partial charge is 0.261 e. The van der Waals surface area contributed by atoms with E-state index in [-0.39, 0.29) is 19.1 Å². The molecule has 2 amide bonds. The van der Waals surface area contributed by atoms with Crippen molar-refractivity contribution >= 4 is 35.0 Å². The maximum absolute atomic E-state index is 13.2. The molecule has 2 aromatic carbocycles. The summed E-state index contributed by atoms with van der Waals surface area (Å²) in [4.78, 5) is 27.5. The fraction of sp³-hybridized carbons (Fsp3) is 0.417. The van der Waals surface area contributed by atoms with Crippen molar-refractivity contribution in [3.63, 3.8) is 0 Å². The summed E-state index contributed by atoms with van der Waals surface area (Å²) in [6.07, 6.45) is 0. The quantitative estimate of drug-likeness (QED) is 0.543. The summed E-state index contributed by atoms with van der Waals surface area (Å²) in [6, 6.07) is 9.26. The maximum atomic E-state index is 13.2. The number of benzene rings is 2. The van der Waals surface area contributed by atoms with E-state index in [1.54, 1.807) is 43.3 Å². The second-order valence-electron chi connectivity index (χ2n) is 8.47. The van der Waals surface area contributed by atoms with Crippen LogP contribution >= 0.6 is 23.2 Å². The number of carbonyl (C=O) groups is 2. The second-order valence-corrected chi connectivity index (χ2v) is 9.29. The minimum Gasteiger partial charge on any atom is -0.496 e. The highest BCUT2D eigenvalue weighted by Gasteiger charge is 2.29. The number of ether oxygens (including phenoxy) is 3. The SMILES string of the molecule is COc1cc(OC)cc(OCC(=O)N(Cc2c(Cl)cccc2Cl)C(C)C(=O)NC(C)(C)C)c1. The first-order chi connectivity index (χ1) is 15.4. The van der Waals surface area contributed by atoms with Gasteiger partial charge in [0, 0.05) is 45.9 Å². The Labute approximate surface area is 204 Å². The van der Waals surface area contributed by atoms with E-state index >= 15 is 0 Å². The summed E-state index contributed by atoms with van der Waals surface area (Å²) in [5.41, 5.74) is 0.0862. The molecule has 1 unspecified atom stereocenters. The highest BCUT2D eigenvalue weighted by molar-refractivity contribution is 6.36. The molecule has 0 saturated carbocycles. The normalized spacial score (nSPS) is 12.0. The molecular weight excluding hydrogens is 467 g/mol. The van der Waals surface area contributed by atoms with Gasteiger partial charge in [0.1, 0.15) is 23.3 Å². The number of carbonyl (C=O) groups excluding carboxylic acids is 2. The van der Waals surface area contributed by atoms with Gasteiger partial charge < -0.3 is 24.4 Å². The minimum atomic E-state index is -0.799. The molecule has 2 rings (SSSR count). The van der Waals surface area contributed by atoms with Crippen LogP contribution < -0.4 is 19.5 Å². The van der Waals surface area contributed by atoms with Gasteiger partial charge in [0.25, 0.3) is 5.91 Å². The predicted molar refractivity (Wildman–Crippen MR) is 129 cm³/mol. The summed E-state index contributed by atoms with van der Waals surface area (Å²) in [5, 5.41) is 3.71. The topological polar surface area (TPSA) is 77.1 Å². The third-order valence-corrected chi connectivity index (χ3v) is 5.45. The van der Waals surface area contributed by atoms with E-state index in [2.05, 4.69) is 5.32 Å². The van der Waals surface area contributed by atoms with Gasteiger partial charge >= 0.3 is 0 Å². The second kappa shape index (κ2) is 11.5. The van der Waals surface area contributed by atoms with Crippen molar-refractivity contribution < 1.29 is 23.8 Å². The van der Waals surface area contributed by atoms with Crippen molar-refractivity contribution in [1.82, 2.24) is 10.2 Å². The average molecular weight is 497 g/mol. The Balaban J connectivity index is 2.28. The number of rotatable bonds is 9. The van der Waals surface area contributed by atoms with Gasteiger partial charge in [-0.25, -0.2) is 0 Å². The molecule has 1 N–H and O–H groups in total. The van der Waals surface area contributed by atoms with E-state index in [1.165, 1.54) is 19.1 Å². The molecule has 2 aromatic rings. The number of nitrogens with one attached hydrogen (secondary N) is 1. The highest BCUT2D eigenvalue weighted by Crippen LogP contribution is 2.29. The Morgan fingerprint density at radius 3 is 2.00 bits per heavy atom. The first-order valence-corrected chi connectivity index (χ1v) is 11.1. The molecule has 1 atom stereocenters. The van der Waals surface area contributed by atoms with Crippen LogP contribution in [0.4, 0.5) is 0 Å². The van der Waals surface area contributed by atoms with Crippen LogP contribution in [0, 0.1) is 0 Å². The summed E-state index contributed by atoms with van der Waals surface area (Å²) in [5.74, 6) is 0.720. The van der Waals surface area contributed by atoms with Crippen molar-refractivity contribution in [1.29, 1.82) is 0 Å². The lowest BCUT2D eigenvalue weighted by Gasteiger charge is -2.31. The minimum absolute atomic E-state index is 0.0425. The zero-order valence-corrected chi connectivity index (χ0v) is 21.2. The van der Waals surface area contributed by atoms with E-state index in [1.807, 2.05) is 20.8 Å². The lowest BCUT2D eigenvalue weighted by Crippen LogP contribution is -2.53. The van der Waals surface area contributed by atoms with E-state index in [4.69, 9.17) is 37.4 Å². The third kappa shape index (κ3) is 7.72. The zero-order chi connectivity index (χ0) is 24.8. The van der Waals surface area contributed by atoms with Gasteiger partial charge in [-0.05, 0) is 39.8 Å². The molecule has 0 radical (unpaired) electrons. The fourth-order valence-corrected chi connectivity index (χ4v) is 3.52. The van der Waals surface area contributed by atoms with Crippen LogP contribution in [-0.4, -0.2) is 49.1 Å². The number of nitrogens with zero attached hydrogens (tertiary/aromatic N) is 1. The van der Waals surface area contributed by atoms with Crippen LogP contribution in [0.5, 0.6) is 17.2 Å². The summed E-state index contributed by atoms with van der Waals surface area (Å²) in [6.45, 7) is 6.99. The average Bonchev–Trinajstić information content (AvgIpc) is 2.75. The zero-order valence-electron chi connectivity index (χ0n) is 19.7. The highest BCUT2D eigenvalue weighted by atomic mass is 35.5. The number of hydrogen-bond acceptors (Lipinski definition) is 5. The van der Waals surface area contributed by atoms with Crippen molar-refractivity contribution in [2.75, 3.05) is 20.8 Å². The molecule has 0 aromatic heterocycles. The van der Waals surface area contributed by atoms with Gasteiger partial charge in [-0.3, -0.25) is 9.59 Å². The molecule has 9 heteroatoms. The summed E-state index contributed by atoms with van der Waals surface area (Å²) < 4.78 is 16.2. The van der Waals surface area contributed by atoms with Crippen LogP contribution in [0.3, 0.4) is 0 Å². The molecule has 0 spiro atoms. The van der Waals surface area contributed by atoms with Gasteiger partial charge in [0.15, 0.2) is 6.61 Å². The molecule has 0 saturated heterocycles. The van der Waals surface area contributed by atoms with E-state index in [0.29, 0.717) is 32.9 Å².